The number of carbonyl (C=O) groups excluding carboxylic acids is 6. The monoisotopic (exact) mass is 1450 g/mol. The molecule has 0 bridgehead atoms. The zero-order valence-electron chi connectivity index (χ0n) is 46.3. The van der Waals surface area contributed by atoms with E-state index in [1.165, 1.54) is 43.9 Å². The van der Waals surface area contributed by atoms with Crippen LogP contribution in [0.4, 0.5) is 19.2 Å². The van der Waals surface area contributed by atoms with Crippen molar-refractivity contribution in [2.75, 3.05) is 27.7 Å². The molecule has 0 unspecified atom stereocenters. The van der Waals surface area contributed by atoms with Gasteiger partial charge < -0.3 is 55.6 Å². The Hall–Kier alpha value is -1.51. The number of carbonyl (C=O) groups is 6. The van der Waals surface area contributed by atoms with E-state index in [9.17, 15) is 28.8 Å². The number of aryl methyl sites for hydroxylation is 2. The van der Waals surface area contributed by atoms with Crippen molar-refractivity contribution >= 4 is 169 Å². The van der Waals surface area contributed by atoms with Crippen LogP contribution in [0.5, 0.6) is 11.5 Å². The molecule has 0 fully saturated rings. The number of methoxy groups -OCH3 is 1. The van der Waals surface area contributed by atoms with Crippen LogP contribution in [0.25, 0.3) is 0 Å². The quantitative estimate of drug-likeness (QED) is 0.0669. The standard InChI is InChI=1S/C25H36NO9.C17H24BrNO4.C5H12N.BrH.Ni.S11/c1-15(27)17(26-20(28)33-23(2,3)4)13-16-11-12-18(31-21(29)34-24(5,6)7)19(14-16)32-22(30)35-25(8,9)10;1-10-7-12(13(18)8-11(10)2)9-14(15(20)22-6)19-16(21)23-17(3,4)5;1-4-5-6(2)3;;;1-3-5-7-9-11-10-8-6-4-2/h12,14,17H,13H2,1-10H3,(H,26,28);7-8,14H,9H2,1-6H3,(H,19,21);1,4-5H2,2-3H3;1H;;/q-1;;-1;;+1;/p-1/t17-;14-;;;;/m00..../s1. The summed E-state index contributed by atoms with van der Waals surface area (Å²) in [5.74, 6) is -1.14. The van der Waals surface area contributed by atoms with Gasteiger partial charge in [-0.15, -0.1) is 12.1 Å². The number of hydrogen-bond donors (Lipinski definition) is 2. The van der Waals surface area contributed by atoms with Gasteiger partial charge in [0.25, 0.3) is 0 Å². The third kappa shape index (κ3) is 45.8. The van der Waals surface area contributed by atoms with Crippen molar-refractivity contribution in [3.05, 3.63) is 64.0 Å². The van der Waals surface area contributed by atoms with Gasteiger partial charge in [-0.2, -0.15) is 18.1 Å². The molecule has 2 aromatic carbocycles. The molecule has 0 saturated carbocycles. The van der Waals surface area contributed by atoms with Crippen molar-refractivity contribution in [3.8, 4) is 11.5 Å². The molecule has 2 amide bonds. The molecule has 2 aromatic rings. The number of rotatable bonds is 12. The molecule has 445 valence electrons. The predicted octanol–water partition coefficient (Wildman–Crippen LogP) is 10.4. The van der Waals surface area contributed by atoms with Gasteiger partial charge in [-0.05, 0) is 154 Å². The second-order valence-corrected chi connectivity index (χ2v) is 36.3. The fourth-order valence-electron chi connectivity index (χ4n) is 4.86. The van der Waals surface area contributed by atoms with Crippen LogP contribution >= 0.6 is 30.2 Å². The molecular weight excluding hydrogens is 1390 g/mol. The summed E-state index contributed by atoms with van der Waals surface area (Å²) in [5.41, 5.74) is 0.549. The number of hydrogen-bond acceptors (Lipinski definition) is 16. The molecule has 30 heteroatoms. The van der Waals surface area contributed by atoms with Crippen molar-refractivity contribution in [2.45, 2.75) is 158 Å². The third-order valence-electron chi connectivity index (χ3n) is 7.80. The maximum absolute atomic E-state index is 12.3. The summed E-state index contributed by atoms with van der Waals surface area (Å²) in [5, 5.41) is 5.09. The first-order valence-electron chi connectivity index (χ1n) is 22.5. The van der Waals surface area contributed by atoms with Gasteiger partial charge in [-0.1, -0.05) is 22.0 Å². The van der Waals surface area contributed by atoms with E-state index in [2.05, 4.69) is 94.7 Å². The normalized spacial score (nSPS) is 11.4. The summed E-state index contributed by atoms with van der Waals surface area (Å²) in [6.07, 6.45) is -2.12. The number of halogens is 2. The third-order valence-corrected chi connectivity index (χ3v) is 26.3. The Morgan fingerprint density at radius 3 is 1.43 bits per heavy atom. The van der Waals surface area contributed by atoms with Gasteiger partial charge in [-0.25, -0.2) is 24.0 Å². The van der Waals surface area contributed by atoms with Crippen LogP contribution in [0.2, 0.25) is 0 Å². The van der Waals surface area contributed by atoms with E-state index in [1.54, 1.807) is 145 Å². The first-order valence-corrected chi connectivity index (χ1v) is 39.0. The van der Waals surface area contributed by atoms with E-state index in [0.29, 0.717) is 12.0 Å². The molecule has 0 spiro atoms. The predicted molar refractivity (Wildman–Crippen MR) is 338 cm³/mol. The van der Waals surface area contributed by atoms with Crippen molar-refractivity contribution in [1.29, 1.82) is 0 Å². The average molecular weight is 1460 g/mol. The van der Waals surface area contributed by atoms with E-state index in [1.807, 2.05) is 40.1 Å². The van der Waals surface area contributed by atoms with Crippen LogP contribution in [0, 0.1) is 26.8 Å². The van der Waals surface area contributed by atoms with Crippen molar-refractivity contribution in [1.82, 2.24) is 15.5 Å². The fraction of sp³-hybridized carbons (Fsp3) is 0.596. The molecule has 0 aromatic heterocycles. The zero-order chi connectivity index (χ0) is 60.3. The van der Waals surface area contributed by atoms with Gasteiger partial charge in [0.15, 0.2) is 5.78 Å². The molecular formula is C47H72Br2N3NiO13S11-2. The first-order chi connectivity index (χ1) is 35.5. The number of alkyl carbamates (subject to hydrolysis) is 2. The summed E-state index contributed by atoms with van der Waals surface area (Å²) < 4.78 is 36.9. The first kappa shape index (κ1) is 79.7. The van der Waals surface area contributed by atoms with Crippen molar-refractivity contribution in [3.63, 3.8) is 0 Å². The van der Waals surface area contributed by atoms with Gasteiger partial charge >= 0.3 is 58.4 Å². The molecule has 16 nitrogen and oxygen atoms in total. The Kier molecular flexibility index (Phi) is 43.8. The Bertz CT molecular complexity index is 2620. The number of benzene rings is 2. The van der Waals surface area contributed by atoms with E-state index in [-0.39, 0.29) is 23.7 Å². The second-order valence-electron chi connectivity index (χ2n) is 19.6. The Morgan fingerprint density at radius 2 is 1.06 bits per heavy atom. The van der Waals surface area contributed by atoms with Crippen molar-refractivity contribution < 1.29 is 75.6 Å². The van der Waals surface area contributed by atoms with E-state index < -0.39 is 65.0 Å². The molecule has 0 saturated heterocycles. The van der Waals surface area contributed by atoms with Gasteiger partial charge in [0.1, 0.15) is 28.4 Å². The van der Waals surface area contributed by atoms with Crippen LogP contribution in [-0.2, 0) is 162 Å². The van der Waals surface area contributed by atoms with Crippen LogP contribution in [0.3, 0.4) is 0 Å². The van der Waals surface area contributed by atoms with Crippen LogP contribution in [0.15, 0.2) is 28.7 Å². The second kappa shape index (κ2) is 42.3. The van der Waals surface area contributed by atoms with Gasteiger partial charge in [0.05, 0.1) is 24.7 Å². The molecule has 2 N–H and O–H groups in total. The number of amides is 2. The number of ether oxygens (including phenoxy) is 7. The summed E-state index contributed by atoms with van der Waals surface area (Å²) in [6.45, 7) is 30.5. The van der Waals surface area contributed by atoms with Crippen LogP contribution < -0.4 is 20.1 Å². The van der Waals surface area contributed by atoms with Gasteiger partial charge in [0.2, 0.25) is 0 Å². The Labute approximate surface area is 515 Å². The summed E-state index contributed by atoms with van der Waals surface area (Å²) in [6, 6.07) is 7.73. The molecule has 2 rings (SSSR count). The Morgan fingerprint density at radius 1 is 0.662 bits per heavy atom. The van der Waals surface area contributed by atoms with E-state index in [0.717, 1.165) is 34.1 Å². The molecule has 0 heterocycles. The fourth-order valence-corrected chi connectivity index (χ4v) is 24.7. The number of ketones is 1. The minimum atomic E-state index is -1.03. The molecule has 77 heavy (non-hydrogen) atoms. The molecule has 0 aliphatic carbocycles. The Balaban J connectivity index is -0.00000111. The van der Waals surface area contributed by atoms with E-state index in [4.69, 9.17) is 33.2 Å². The molecule has 0 radical (unpaired) electrons. The maximum atomic E-state index is 12.3. The minimum absolute atomic E-state index is 0.00592. The summed E-state index contributed by atoms with van der Waals surface area (Å²) >= 11 is 19.1. The van der Waals surface area contributed by atoms with Gasteiger partial charge in [0, 0.05) is 113 Å². The van der Waals surface area contributed by atoms with E-state index >= 15 is 0 Å². The molecule has 0 aliphatic heterocycles. The number of nitrogens with one attached hydrogen (secondary N) is 2. The topological polar surface area (TPSA) is 194 Å². The summed E-state index contributed by atoms with van der Waals surface area (Å²) in [4.78, 5) is 74.7. The number of nitrogens with zero attached hydrogens (tertiary/aromatic N) is 1. The number of Topliss-reactive ketones (excluding diaryl/α,β-unsaturated/α-hetero) is 1. The molecule has 2 atom stereocenters. The van der Waals surface area contributed by atoms with Crippen molar-refractivity contribution in [2.24, 2.45) is 0 Å². The SMILES string of the molecule is CC(=O)[C@H](Cc1[c-]cc(OC(=O)OC(C)(C)C)c(OC(=O)OC(C)(C)C)c1)NC(=O)OC(C)(C)C.COC(=O)[C@H](Cc1cc(C)c(C)cc1Br)NC(=O)OC(C)(C)C.S=S=S=S=S=S=S=S=S=S=S.[CH2-]CCN(C)C.[Ni][Br]. The number of esters is 1. The molecule has 0 aliphatic rings. The van der Waals surface area contributed by atoms with Gasteiger partial charge in [-0.3, -0.25) is 4.79 Å². The summed E-state index contributed by atoms with van der Waals surface area (Å²) in [7, 11) is 19.9. The van der Waals surface area contributed by atoms with Crippen LogP contribution in [0.1, 0.15) is 119 Å². The zero-order valence-corrected chi connectivity index (χ0v) is 59.5. The average Bonchev–Trinajstić information content (AvgIpc) is 3.26. The van der Waals surface area contributed by atoms with Crippen LogP contribution in [-0.4, -0.2) is 103 Å².